The number of pyridine rings is 1. The first-order valence-electron chi connectivity index (χ1n) is 8.53. The van der Waals surface area contributed by atoms with Crippen LogP contribution in [-0.2, 0) is 21.1 Å². The Bertz CT molecular complexity index is 858. The number of likely N-dealkylation sites (tertiary alicyclic amines) is 1. The number of amides is 1. The largest absolute Gasteiger partial charge is 0.485 e. The van der Waals surface area contributed by atoms with Gasteiger partial charge >= 0.3 is 0 Å². The van der Waals surface area contributed by atoms with Gasteiger partial charge in [0.05, 0.1) is 35.9 Å². The Balaban J connectivity index is 1.52. The summed E-state index contributed by atoms with van der Waals surface area (Å²) in [6, 6.07) is 10.2. The van der Waals surface area contributed by atoms with Gasteiger partial charge < -0.3 is 9.64 Å². The molecule has 1 saturated heterocycles. The van der Waals surface area contributed by atoms with Crippen molar-refractivity contribution in [1.29, 1.82) is 0 Å². The zero-order valence-corrected chi connectivity index (χ0v) is 15.6. The lowest BCUT2D eigenvalue weighted by atomic mass is 10.1. The first-order valence-corrected chi connectivity index (χ1v) is 10.1. The number of rotatable bonds is 6. The van der Waals surface area contributed by atoms with Gasteiger partial charge in [0.15, 0.2) is 9.84 Å². The second kappa shape index (κ2) is 7.45. The lowest BCUT2D eigenvalue weighted by molar-refractivity contribution is -0.139. The summed E-state index contributed by atoms with van der Waals surface area (Å²) in [5.74, 6) is 0.710. The molecule has 0 spiro atoms. The lowest BCUT2D eigenvalue weighted by Crippen LogP contribution is -2.56. The average molecular weight is 374 g/mol. The van der Waals surface area contributed by atoms with Crippen molar-refractivity contribution in [2.24, 2.45) is 0 Å². The van der Waals surface area contributed by atoms with Crippen molar-refractivity contribution in [3.05, 3.63) is 54.4 Å². The summed E-state index contributed by atoms with van der Waals surface area (Å²) >= 11 is 0. The van der Waals surface area contributed by atoms with Gasteiger partial charge in [-0.15, -0.1) is 0 Å². The Labute approximate surface area is 153 Å². The Morgan fingerprint density at radius 2 is 1.92 bits per heavy atom. The van der Waals surface area contributed by atoms with Gasteiger partial charge in [-0.1, -0.05) is 12.1 Å². The SMILES string of the molecule is CC(C)S(=O)(=O)c1ccc(CC(=O)N2CC(Oc3cccnc3)C2)cc1. The fourth-order valence-electron chi connectivity index (χ4n) is 2.68. The van der Waals surface area contributed by atoms with Crippen molar-refractivity contribution in [2.75, 3.05) is 13.1 Å². The number of carbonyl (C=O) groups is 1. The third-order valence-electron chi connectivity index (χ3n) is 4.37. The van der Waals surface area contributed by atoms with Gasteiger partial charge in [-0.2, -0.15) is 0 Å². The predicted molar refractivity (Wildman–Crippen MR) is 97.7 cm³/mol. The Morgan fingerprint density at radius 3 is 2.50 bits per heavy atom. The molecule has 3 rings (SSSR count). The topological polar surface area (TPSA) is 76.6 Å². The van der Waals surface area contributed by atoms with Crippen LogP contribution in [0.1, 0.15) is 19.4 Å². The number of hydrogen-bond donors (Lipinski definition) is 0. The zero-order chi connectivity index (χ0) is 18.7. The molecule has 2 heterocycles. The zero-order valence-electron chi connectivity index (χ0n) is 14.8. The van der Waals surface area contributed by atoms with Crippen LogP contribution in [0, 0.1) is 0 Å². The van der Waals surface area contributed by atoms with E-state index in [-0.39, 0.29) is 23.3 Å². The van der Waals surface area contributed by atoms with E-state index < -0.39 is 15.1 Å². The first-order chi connectivity index (χ1) is 12.4. The van der Waals surface area contributed by atoms with Crippen molar-refractivity contribution in [3.63, 3.8) is 0 Å². The van der Waals surface area contributed by atoms with Gasteiger partial charge in [-0.3, -0.25) is 9.78 Å². The van der Waals surface area contributed by atoms with E-state index in [1.165, 1.54) is 0 Å². The molecule has 138 valence electrons. The second-order valence-corrected chi connectivity index (χ2v) is 9.15. The monoisotopic (exact) mass is 374 g/mol. The molecule has 1 aliphatic heterocycles. The third kappa shape index (κ3) is 4.04. The minimum atomic E-state index is -3.29. The molecule has 0 bridgehead atoms. The molecule has 1 amide bonds. The van der Waals surface area contributed by atoms with E-state index in [4.69, 9.17) is 4.74 Å². The number of sulfone groups is 1. The molecule has 0 aliphatic carbocycles. The highest BCUT2D eigenvalue weighted by Crippen LogP contribution is 2.20. The van der Waals surface area contributed by atoms with Gasteiger partial charge in [0.2, 0.25) is 5.91 Å². The first kappa shape index (κ1) is 18.4. The predicted octanol–water partition coefficient (Wildman–Crippen LogP) is 2.10. The Morgan fingerprint density at radius 1 is 1.23 bits per heavy atom. The van der Waals surface area contributed by atoms with E-state index in [0.29, 0.717) is 18.8 Å². The normalized spacial score (nSPS) is 15.0. The van der Waals surface area contributed by atoms with Gasteiger partial charge in [0.1, 0.15) is 11.9 Å². The van der Waals surface area contributed by atoms with E-state index in [1.54, 1.807) is 61.5 Å². The van der Waals surface area contributed by atoms with Crippen LogP contribution >= 0.6 is 0 Å². The summed E-state index contributed by atoms with van der Waals surface area (Å²) < 4.78 is 30.0. The van der Waals surface area contributed by atoms with Gasteiger partial charge in [-0.05, 0) is 43.7 Å². The van der Waals surface area contributed by atoms with E-state index in [9.17, 15) is 13.2 Å². The number of aromatic nitrogens is 1. The fraction of sp³-hybridized carbons (Fsp3) is 0.368. The van der Waals surface area contributed by atoms with Crippen molar-refractivity contribution >= 4 is 15.7 Å². The molecule has 0 atom stereocenters. The van der Waals surface area contributed by atoms with Gasteiger partial charge in [0, 0.05) is 6.20 Å². The second-order valence-electron chi connectivity index (χ2n) is 6.64. The molecular weight excluding hydrogens is 352 g/mol. The van der Waals surface area contributed by atoms with Crippen LogP contribution in [0.15, 0.2) is 53.7 Å². The molecule has 0 radical (unpaired) electrons. The van der Waals surface area contributed by atoms with E-state index in [0.717, 1.165) is 5.56 Å². The van der Waals surface area contributed by atoms with Crippen LogP contribution in [0.2, 0.25) is 0 Å². The summed E-state index contributed by atoms with van der Waals surface area (Å²) in [7, 11) is -3.29. The van der Waals surface area contributed by atoms with Crippen LogP contribution in [0.4, 0.5) is 0 Å². The number of hydrogen-bond acceptors (Lipinski definition) is 5. The summed E-state index contributed by atoms with van der Waals surface area (Å²) in [6.45, 7) is 4.41. The molecule has 6 nitrogen and oxygen atoms in total. The van der Waals surface area contributed by atoms with Crippen LogP contribution < -0.4 is 4.74 Å². The third-order valence-corrected chi connectivity index (χ3v) is 6.54. The van der Waals surface area contributed by atoms with Crippen molar-refractivity contribution in [1.82, 2.24) is 9.88 Å². The lowest BCUT2D eigenvalue weighted by Gasteiger charge is -2.39. The maximum Gasteiger partial charge on any atom is 0.227 e. The van der Waals surface area contributed by atoms with Crippen LogP contribution in [0.3, 0.4) is 0 Å². The van der Waals surface area contributed by atoms with E-state index in [1.807, 2.05) is 6.07 Å². The fourth-order valence-corrected chi connectivity index (χ4v) is 3.74. The quantitative estimate of drug-likeness (QED) is 0.774. The van der Waals surface area contributed by atoms with Gasteiger partial charge in [0.25, 0.3) is 0 Å². The van der Waals surface area contributed by atoms with Gasteiger partial charge in [-0.25, -0.2) is 8.42 Å². The molecule has 1 aromatic heterocycles. The highest BCUT2D eigenvalue weighted by Gasteiger charge is 2.32. The molecule has 0 unspecified atom stereocenters. The minimum absolute atomic E-state index is 0.00973. The molecular formula is C19H22N2O4S. The molecule has 1 aliphatic rings. The van der Waals surface area contributed by atoms with E-state index in [2.05, 4.69) is 4.98 Å². The molecule has 2 aromatic rings. The van der Waals surface area contributed by atoms with Crippen LogP contribution in [0.25, 0.3) is 0 Å². The van der Waals surface area contributed by atoms with Crippen LogP contribution in [-0.4, -0.2) is 48.7 Å². The van der Waals surface area contributed by atoms with Crippen molar-refractivity contribution < 1.29 is 17.9 Å². The smallest absolute Gasteiger partial charge is 0.227 e. The highest BCUT2D eigenvalue weighted by molar-refractivity contribution is 7.92. The van der Waals surface area contributed by atoms with Crippen molar-refractivity contribution in [3.8, 4) is 5.75 Å². The summed E-state index contributed by atoms with van der Waals surface area (Å²) in [5, 5.41) is -0.465. The van der Waals surface area contributed by atoms with Crippen molar-refractivity contribution in [2.45, 2.75) is 36.5 Å². The molecule has 1 fully saturated rings. The Kier molecular flexibility index (Phi) is 5.27. The maximum absolute atomic E-state index is 12.3. The number of carbonyl (C=O) groups excluding carboxylic acids is 1. The summed E-state index contributed by atoms with van der Waals surface area (Å²) in [5.41, 5.74) is 0.800. The minimum Gasteiger partial charge on any atom is -0.485 e. The molecule has 7 heteroatoms. The Hall–Kier alpha value is -2.41. The molecule has 0 N–H and O–H groups in total. The molecule has 1 aromatic carbocycles. The number of benzene rings is 1. The standard InChI is InChI=1S/C19H22N2O4S/c1-14(2)26(23,24)18-7-5-15(6-8-18)10-19(22)21-12-17(13-21)25-16-4-3-9-20-11-16/h3-9,11,14,17H,10,12-13H2,1-2H3. The maximum atomic E-state index is 12.3. The highest BCUT2D eigenvalue weighted by atomic mass is 32.2. The molecule has 0 saturated carbocycles. The van der Waals surface area contributed by atoms with E-state index >= 15 is 0 Å². The number of ether oxygens (including phenoxy) is 1. The summed E-state index contributed by atoms with van der Waals surface area (Å²) in [6.07, 6.45) is 3.57. The molecule has 26 heavy (non-hydrogen) atoms. The number of nitrogens with zero attached hydrogens (tertiary/aromatic N) is 2. The summed E-state index contributed by atoms with van der Waals surface area (Å²) in [4.78, 5) is 18.3. The average Bonchev–Trinajstić information content (AvgIpc) is 2.59. The van der Waals surface area contributed by atoms with Crippen LogP contribution in [0.5, 0.6) is 5.75 Å².